The average Bonchev–Trinajstić information content (AvgIpc) is 1.61. The predicted molar refractivity (Wildman–Crippen MR) is 451 cm³/mol. The number of carboxylic acid groups (broad SMARTS) is 2. The van der Waals surface area contributed by atoms with Crippen molar-refractivity contribution >= 4 is 145 Å². The lowest BCUT2D eigenvalue weighted by Gasteiger charge is -2.32. The highest BCUT2D eigenvalue weighted by molar-refractivity contribution is 6.62. The molecule has 34 heteroatoms. The number of carbonyl (C=O) groups is 7. The van der Waals surface area contributed by atoms with Crippen LogP contribution in [0.4, 0.5) is 63.1 Å². The van der Waals surface area contributed by atoms with Crippen molar-refractivity contribution in [1.29, 1.82) is 0 Å². The third kappa shape index (κ3) is 16.9. The van der Waals surface area contributed by atoms with E-state index >= 15 is 0 Å². The maximum atomic E-state index is 14.2. The van der Waals surface area contributed by atoms with Gasteiger partial charge in [0.2, 0.25) is 0 Å². The van der Waals surface area contributed by atoms with Crippen LogP contribution in [0.3, 0.4) is 0 Å². The molecule has 1 fully saturated rings. The van der Waals surface area contributed by atoms with Gasteiger partial charge in [-0.2, -0.15) is 0 Å². The molecule has 7 aromatic carbocycles. The fourth-order valence-electron chi connectivity index (χ4n) is 13.9. The van der Waals surface area contributed by atoms with Gasteiger partial charge in [-0.05, 0) is 220 Å². The Morgan fingerprint density at radius 1 is 0.434 bits per heavy atom. The fraction of sp³-hybridized carbons (Fsp3) is 0.125. The smallest absolute Gasteiger partial charge is 0.478 e. The Morgan fingerprint density at radius 2 is 0.762 bits per heavy atom. The Hall–Kier alpha value is -14.7. The van der Waals surface area contributed by atoms with Crippen LogP contribution in [0.2, 0.25) is 10.3 Å². The van der Waals surface area contributed by atoms with Crippen molar-refractivity contribution in [3.8, 4) is 22.5 Å². The highest BCUT2D eigenvalue weighted by Gasteiger charge is 2.52. The van der Waals surface area contributed by atoms with Crippen LogP contribution >= 0.6 is 23.2 Å². The van der Waals surface area contributed by atoms with E-state index in [1.54, 1.807) is 82.4 Å². The minimum Gasteiger partial charge on any atom is -0.478 e. The Morgan fingerprint density at radius 3 is 1.11 bits per heavy atom. The van der Waals surface area contributed by atoms with E-state index in [1.807, 2.05) is 128 Å². The summed E-state index contributed by atoms with van der Waals surface area (Å²) in [7, 11) is 0.836. The lowest BCUT2D eigenvalue weighted by molar-refractivity contribution is 0.00578. The number of carboxylic acids is 2. The molecule has 0 saturated carbocycles. The van der Waals surface area contributed by atoms with E-state index in [2.05, 4.69) is 61.9 Å². The number of nitrogens with zero attached hydrogens (tertiary/aromatic N) is 8. The minimum absolute atomic E-state index is 0.00420. The lowest BCUT2D eigenvalue weighted by Crippen LogP contribution is -2.41. The number of methoxy groups -OCH3 is 1. The van der Waals surface area contributed by atoms with Gasteiger partial charge >= 0.3 is 25.0 Å². The summed E-state index contributed by atoms with van der Waals surface area (Å²) in [6, 6.07) is 47.9. The van der Waals surface area contributed by atoms with Crippen LogP contribution in [0, 0.1) is 23.3 Å². The molecule has 3 amide bonds. The maximum Gasteiger partial charge on any atom is 0.494 e. The Bertz CT molecular complexity index is 6550. The second kappa shape index (κ2) is 33.9. The zero-order chi connectivity index (χ0) is 86.2. The van der Waals surface area contributed by atoms with E-state index in [1.165, 1.54) is 62.6 Å². The number of aromatic carboxylic acids is 2. The first-order chi connectivity index (χ1) is 58.5. The number of aromatic nitrogens is 8. The summed E-state index contributed by atoms with van der Waals surface area (Å²) in [5.41, 5.74) is 15.3. The number of ether oxygens (including phenoxy) is 1. The second-order valence-electron chi connectivity index (χ2n) is 29.1. The normalized spacial score (nSPS) is 13.6. The number of amides is 3. The number of hydrogen-bond donors (Lipinski definition) is 9. The van der Waals surface area contributed by atoms with Crippen molar-refractivity contribution in [3.63, 3.8) is 0 Å². The monoisotopic (exact) mass is 1690 g/mol. The zero-order valence-corrected chi connectivity index (χ0v) is 66.9. The van der Waals surface area contributed by atoms with E-state index < -0.39 is 41.2 Å². The first kappa shape index (κ1) is 82.4. The quantitative estimate of drug-likeness (QED) is 0.0151. The molecule has 0 aliphatic carbocycles. The summed E-state index contributed by atoms with van der Waals surface area (Å²) < 4.78 is 79.5. The van der Waals surface area contributed by atoms with Crippen LogP contribution in [-0.4, -0.2) is 115 Å². The number of ketones is 1. The van der Waals surface area contributed by atoms with Crippen LogP contribution in [0.5, 0.6) is 0 Å². The van der Waals surface area contributed by atoms with Gasteiger partial charge in [-0.15, -0.1) is 0 Å². The molecular weight excluding hydrogens is 1620 g/mol. The van der Waals surface area contributed by atoms with Gasteiger partial charge < -0.3 is 61.5 Å². The number of anilines is 8. The summed E-state index contributed by atoms with van der Waals surface area (Å²) >= 11 is 12.1. The predicted octanol–water partition coefficient (Wildman–Crippen LogP) is 16.6. The first-order valence-corrected chi connectivity index (χ1v) is 38.3. The number of hydrogen-bond acceptors (Lipinski definition) is 18. The van der Waals surface area contributed by atoms with Crippen molar-refractivity contribution in [3.05, 3.63) is 315 Å². The zero-order valence-electron chi connectivity index (χ0n) is 65.4. The van der Waals surface area contributed by atoms with Gasteiger partial charge in [-0.3, -0.25) is 36.8 Å². The molecule has 0 unspecified atom stereocenters. The Kier molecular flexibility index (Phi) is 22.9. The van der Waals surface area contributed by atoms with Crippen LogP contribution < -0.4 is 42.7 Å². The third-order valence-corrected chi connectivity index (χ3v) is 21.5. The van der Waals surface area contributed by atoms with E-state index in [0.29, 0.717) is 109 Å². The summed E-state index contributed by atoms with van der Waals surface area (Å²) in [5.74, 6) is -6.61. The van der Waals surface area contributed by atoms with Crippen molar-refractivity contribution in [2.75, 3.05) is 28.4 Å². The van der Waals surface area contributed by atoms with Crippen molar-refractivity contribution in [2.45, 2.75) is 65.5 Å². The maximum absolute atomic E-state index is 14.2. The standard InChI is InChI=1S/C23H17FN4O2.C22H15FN4O3.C15H11ClFN3O2.C14H18BNO3.C14H9ClFN3O2/c1-13(29)17-5-3-16(11-19(17)24)27-20-6-7-21(28-9-8-25-22(20)28)14-2-4-18-15(10-14)12-26-23(18)30;23-17-10-14(2-4-16(17)22(29)30)26-18-5-6-19(27-8-7-24-20(18)27)12-1-3-15-13(9-12)11-25-21(15)28;1-22-15(21)10-3-2-9(8-11(10)17)19-12-4-5-13(16)20-7-6-18-14(12)20;1-13(2)14(3,4)19-15(18-13)10-5-6-11-9(7-10)8-16-12(11)17;15-12-4-3-11(13-17-5-6-19(12)13)18-8-1-2-9(14(20)21)10(16)7-8/h2-11,27H,12H2,1H3,(H,26,30);1-10,26H,11H2,(H,25,28)(H,29,30);2-8,19H,1H3;5-7H,8H2,1-4H3,(H,16,17);1-7,18H,(H,20,21). The third-order valence-electron chi connectivity index (χ3n) is 20.8. The number of rotatable bonds is 15. The van der Waals surface area contributed by atoms with E-state index in [9.17, 15) is 51.1 Å². The SMILES string of the molecule is CC(=O)c1ccc(Nc2ccc(-c3ccc4c(c3)CNC4=O)n3ccnc23)cc1F.CC1(C)OB(c2ccc3c(c2)CNC3=O)OC1(C)C.COC(=O)c1ccc(Nc2ccc(Cl)n3ccnc23)cc1F.O=C(O)c1ccc(Nc2ccc(-c3ccc4c(c3)CNC4=O)n3ccnc23)cc1F.O=C(O)c1ccc(Nc2ccc(Cl)n3ccnc23)cc1F. The first-order valence-electron chi connectivity index (χ1n) is 37.6. The molecule has 1 saturated heterocycles. The van der Waals surface area contributed by atoms with E-state index in [4.69, 9.17) is 42.7 Å². The van der Waals surface area contributed by atoms with E-state index in [-0.39, 0.29) is 64.1 Å². The topological polar surface area (TPSA) is 341 Å². The largest absolute Gasteiger partial charge is 0.494 e. The molecule has 122 heavy (non-hydrogen) atoms. The number of Topliss-reactive ketones (excluding diaryl/α,β-unsaturated/α-hetero) is 1. The molecule has 0 bridgehead atoms. The van der Waals surface area contributed by atoms with Crippen molar-refractivity contribution in [2.24, 2.45) is 0 Å². The number of carbonyl (C=O) groups excluding carboxylic acids is 5. The van der Waals surface area contributed by atoms with Crippen LogP contribution in [-0.2, 0) is 33.7 Å². The van der Waals surface area contributed by atoms with Gasteiger partial charge in [-0.1, -0.05) is 47.5 Å². The average molecular weight is 1690 g/mol. The molecule has 15 aromatic rings. The molecule has 27 nitrogen and oxygen atoms in total. The summed E-state index contributed by atoms with van der Waals surface area (Å²) in [5, 5.41) is 39.6. The highest BCUT2D eigenvalue weighted by atomic mass is 35.5. The van der Waals surface area contributed by atoms with Gasteiger partial charge in [0.1, 0.15) is 33.6 Å². The number of esters is 1. The number of halogens is 6. The van der Waals surface area contributed by atoms with Crippen LogP contribution in [0.15, 0.2) is 225 Å². The number of benzene rings is 7. The summed E-state index contributed by atoms with van der Waals surface area (Å²) in [4.78, 5) is 96.9. The van der Waals surface area contributed by atoms with Gasteiger partial charge in [0.25, 0.3) is 17.7 Å². The molecular formula is C88H70BCl2F4N15O12. The number of nitrogens with one attached hydrogen (secondary N) is 7. The second-order valence-corrected chi connectivity index (χ2v) is 29.9. The van der Waals surface area contributed by atoms with Crippen LogP contribution in [0.1, 0.15) is 124 Å². The molecule has 0 radical (unpaired) electrons. The number of pyridine rings is 4. The lowest BCUT2D eigenvalue weighted by atomic mass is 9.78. The van der Waals surface area contributed by atoms with Gasteiger partial charge in [-0.25, -0.2) is 51.9 Å². The van der Waals surface area contributed by atoms with Gasteiger partial charge in [0.05, 0.1) is 74.7 Å². The molecule has 0 atom stereocenters. The molecule has 4 aliphatic heterocycles. The molecule has 614 valence electrons. The molecule has 8 aromatic heterocycles. The summed E-state index contributed by atoms with van der Waals surface area (Å²) in [6.07, 6.45) is 13.7. The number of fused-ring (bicyclic) bond motifs is 7. The van der Waals surface area contributed by atoms with Crippen LogP contribution in [0.25, 0.3) is 45.1 Å². The van der Waals surface area contributed by atoms with Crippen molar-refractivity contribution in [1.82, 2.24) is 53.5 Å². The molecule has 4 aliphatic rings. The molecule has 19 rings (SSSR count). The van der Waals surface area contributed by atoms with Gasteiger partial charge in [0, 0.05) is 109 Å². The van der Waals surface area contributed by atoms with Crippen molar-refractivity contribution < 1.29 is 75.4 Å². The Balaban J connectivity index is 0.000000120. The Labute approximate surface area is 701 Å². The molecule has 0 spiro atoms. The highest BCUT2D eigenvalue weighted by Crippen LogP contribution is 2.38. The molecule has 12 heterocycles. The minimum atomic E-state index is -1.31. The van der Waals surface area contributed by atoms with Gasteiger partial charge in [0.15, 0.2) is 28.4 Å². The number of imidazole rings is 4. The summed E-state index contributed by atoms with van der Waals surface area (Å²) in [6.45, 7) is 11.1. The van der Waals surface area contributed by atoms with E-state index in [0.717, 1.165) is 62.4 Å². The fourth-order valence-corrected chi connectivity index (χ4v) is 14.3. The molecule has 9 N–H and O–H groups in total.